The van der Waals surface area contributed by atoms with Crippen LogP contribution in [0.4, 0.5) is 10.6 Å². The Kier molecular flexibility index (Phi) is 5.70. The molecule has 29 heavy (non-hydrogen) atoms. The number of amides is 2. The van der Waals surface area contributed by atoms with Crippen LogP contribution >= 0.6 is 11.6 Å². The second-order valence-corrected chi connectivity index (χ2v) is 7.55. The van der Waals surface area contributed by atoms with E-state index in [9.17, 15) is 9.59 Å². The predicted molar refractivity (Wildman–Crippen MR) is 107 cm³/mol. The molecule has 0 aromatic carbocycles. The molecule has 11 heteroatoms. The molecule has 2 saturated heterocycles. The van der Waals surface area contributed by atoms with E-state index in [1.807, 2.05) is 4.90 Å². The third-order valence-corrected chi connectivity index (χ3v) is 5.60. The van der Waals surface area contributed by atoms with Crippen LogP contribution < -0.4 is 4.90 Å². The molecular weight excluding hydrogens is 398 g/mol. The lowest BCUT2D eigenvalue weighted by Crippen LogP contribution is -2.53. The van der Waals surface area contributed by atoms with Crippen molar-refractivity contribution in [1.82, 2.24) is 29.7 Å². The molecule has 0 saturated carbocycles. The first kappa shape index (κ1) is 19.7. The van der Waals surface area contributed by atoms with Gasteiger partial charge in [0.1, 0.15) is 5.52 Å². The number of H-pyrrole nitrogens is 1. The quantitative estimate of drug-likeness (QED) is 0.748. The maximum absolute atomic E-state index is 13.1. The van der Waals surface area contributed by atoms with Gasteiger partial charge in [0.15, 0.2) is 11.5 Å². The van der Waals surface area contributed by atoms with E-state index < -0.39 is 0 Å². The van der Waals surface area contributed by atoms with Gasteiger partial charge >= 0.3 is 6.09 Å². The number of nitrogens with zero attached hydrogens (tertiary/aromatic N) is 6. The number of aromatic amines is 1. The van der Waals surface area contributed by atoms with Crippen molar-refractivity contribution in [2.24, 2.45) is 5.92 Å². The fourth-order valence-electron chi connectivity index (χ4n) is 3.97. The minimum absolute atomic E-state index is 0.121. The number of hydrogen-bond acceptors (Lipinski definition) is 7. The molecule has 2 fully saturated rings. The highest BCUT2D eigenvalue weighted by molar-refractivity contribution is 6.28. The predicted octanol–water partition coefficient (Wildman–Crippen LogP) is 1.52. The van der Waals surface area contributed by atoms with Crippen LogP contribution in [-0.2, 0) is 9.53 Å². The van der Waals surface area contributed by atoms with Crippen molar-refractivity contribution in [2.75, 3.05) is 50.8 Å². The SMILES string of the molecule is CCOC(=O)N1CCN(C(=O)C2CCCN(c3nc(Cl)nc4nc[nH]c34)C2)CC1. The van der Waals surface area contributed by atoms with Gasteiger partial charge in [0, 0.05) is 39.3 Å². The third-order valence-electron chi connectivity index (χ3n) is 5.43. The molecule has 1 N–H and O–H groups in total. The number of halogens is 1. The molecule has 2 aliphatic heterocycles. The Hall–Kier alpha value is -2.62. The highest BCUT2D eigenvalue weighted by atomic mass is 35.5. The molecule has 0 bridgehead atoms. The molecule has 0 radical (unpaired) electrons. The summed E-state index contributed by atoms with van der Waals surface area (Å²) in [6.45, 7) is 5.55. The molecule has 0 spiro atoms. The second-order valence-electron chi connectivity index (χ2n) is 7.21. The number of piperazine rings is 1. The van der Waals surface area contributed by atoms with Crippen LogP contribution in [0.2, 0.25) is 5.28 Å². The summed E-state index contributed by atoms with van der Waals surface area (Å²) in [5.74, 6) is 0.686. The first-order valence-corrected chi connectivity index (χ1v) is 10.3. The van der Waals surface area contributed by atoms with Crippen LogP contribution in [0.3, 0.4) is 0 Å². The van der Waals surface area contributed by atoms with Gasteiger partial charge in [-0.25, -0.2) is 9.78 Å². The number of anilines is 1. The van der Waals surface area contributed by atoms with Crippen molar-refractivity contribution >= 4 is 40.6 Å². The standard InChI is InChI=1S/C18H24ClN7O3/c1-2-29-18(28)25-8-6-24(7-9-25)16(27)12-4-3-5-26(10-12)15-13-14(21-11-20-13)22-17(19)23-15/h11-12H,2-10H2,1H3,(H,20,21,22,23). The van der Waals surface area contributed by atoms with Crippen molar-refractivity contribution in [3.05, 3.63) is 11.6 Å². The fraction of sp³-hybridized carbons (Fsp3) is 0.611. The van der Waals surface area contributed by atoms with Crippen molar-refractivity contribution in [3.63, 3.8) is 0 Å². The van der Waals surface area contributed by atoms with Gasteiger partial charge in [-0.05, 0) is 31.4 Å². The number of rotatable bonds is 3. The molecule has 2 aromatic rings. The average molecular weight is 422 g/mol. The van der Waals surface area contributed by atoms with E-state index in [4.69, 9.17) is 16.3 Å². The fourth-order valence-corrected chi connectivity index (χ4v) is 4.13. The van der Waals surface area contributed by atoms with Gasteiger partial charge in [0.2, 0.25) is 11.2 Å². The average Bonchev–Trinajstić information content (AvgIpc) is 3.21. The smallest absolute Gasteiger partial charge is 0.409 e. The van der Waals surface area contributed by atoms with E-state index in [1.165, 1.54) is 0 Å². The van der Waals surface area contributed by atoms with E-state index in [1.54, 1.807) is 18.2 Å². The maximum Gasteiger partial charge on any atom is 0.409 e. The molecule has 156 valence electrons. The Morgan fingerprint density at radius 1 is 1.21 bits per heavy atom. The van der Waals surface area contributed by atoms with E-state index >= 15 is 0 Å². The molecule has 2 amide bonds. The van der Waals surface area contributed by atoms with Gasteiger partial charge in [0.05, 0.1) is 18.9 Å². The number of aromatic nitrogens is 4. The first-order valence-electron chi connectivity index (χ1n) is 9.89. The zero-order chi connectivity index (χ0) is 20.4. The van der Waals surface area contributed by atoms with Gasteiger partial charge in [-0.3, -0.25) is 4.79 Å². The van der Waals surface area contributed by atoms with Crippen LogP contribution in [0.15, 0.2) is 6.33 Å². The van der Waals surface area contributed by atoms with Gasteiger partial charge in [-0.1, -0.05) is 0 Å². The van der Waals surface area contributed by atoms with Crippen LogP contribution in [0, 0.1) is 5.92 Å². The van der Waals surface area contributed by atoms with Crippen LogP contribution in [0.1, 0.15) is 19.8 Å². The lowest BCUT2D eigenvalue weighted by Gasteiger charge is -2.39. The number of piperidine rings is 1. The monoisotopic (exact) mass is 421 g/mol. The zero-order valence-electron chi connectivity index (χ0n) is 16.3. The number of ether oxygens (including phenoxy) is 1. The number of nitrogens with one attached hydrogen (secondary N) is 1. The van der Waals surface area contributed by atoms with Gasteiger partial charge < -0.3 is 24.4 Å². The van der Waals surface area contributed by atoms with Gasteiger partial charge in [0.25, 0.3) is 0 Å². The van der Waals surface area contributed by atoms with Crippen LogP contribution in [0.5, 0.6) is 0 Å². The van der Waals surface area contributed by atoms with Crippen molar-refractivity contribution in [1.29, 1.82) is 0 Å². The largest absolute Gasteiger partial charge is 0.450 e. The summed E-state index contributed by atoms with van der Waals surface area (Å²) in [4.78, 5) is 46.3. The summed E-state index contributed by atoms with van der Waals surface area (Å²) in [6.07, 6.45) is 2.97. The number of carbonyl (C=O) groups is 2. The zero-order valence-corrected chi connectivity index (χ0v) is 17.1. The highest BCUT2D eigenvalue weighted by Crippen LogP contribution is 2.28. The summed E-state index contributed by atoms with van der Waals surface area (Å²) < 4.78 is 5.04. The lowest BCUT2D eigenvalue weighted by atomic mass is 9.96. The minimum atomic E-state index is -0.312. The summed E-state index contributed by atoms with van der Waals surface area (Å²) >= 11 is 6.06. The lowest BCUT2D eigenvalue weighted by molar-refractivity contribution is -0.137. The molecule has 4 heterocycles. The maximum atomic E-state index is 13.1. The normalized spacial score (nSPS) is 20.2. The molecular formula is C18H24ClN7O3. The second kappa shape index (κ2) is 8.40. The van der Waals surface area contributed by atoms with Gasteiger partial charge in [-0.15, -0.1) is 0 Å². The topological polar surface area (TPSA) is 108 Å². The molecule has 2 aliphatic rings. The van der Waals surface area contributed by atoms with E-state index in [-0.39, 0.29) is 23.2 Å². The number of carbonyl (C=O) groups excluding carboxylic acids is 2. The molecule has 1 unspecified atom stereocenters. The Morgan fingerprint density at radius 3 is 2.72 bits per heavy atom. The Bertz CT molecular complexity index is 897. The van der Waals surface area contributed by atoms with Crippen molar-refractivity contribution in [2.45, 2.75) is 19.8 Å². The number of fused-ring (bicyclic) bond motifs is 1. The molecule has 10 nitrogen and oxygen atoms in total. The van der Waals surface area contributed by atoms with Crippen LogP contribution in [0.25, 0.3) is 11.2 Å². The summed E-state index contributed by atoms with van der Waals surface area (Å²) in [5, 5.41) is 0.142. The minimum Gasteiger partial charge on any atom is -0.450 e. The number of imidazole rings is 1. The summed E-state index contributed by atoms with van der Waals surface area (Å²) in [5.41, 5.74) is 1.24. The first-order chi connectivity index (χ1) is 14.1. The van der Waals surface area contributed by atoms with Crippen molar-refractivity contribution < 1.29 is 14.3 Å². The van der Waals surface area contributed by atoms with Crippen molar-refractivity contribution in [3.8, 4) is 0 Å². The molecule has 2 aromatic heterocycles. The molecule has 1 atom stereocenters. The Morgan fingerprint density at radius 2 is 1.97 bits per heavy atom. The highest BCUT2D eigenvalue weighted by Gasteiger charge is 2.33. The van der Waals surface area contributed by atoms with E-state index in [2.05, 4.69) is 24.8 Å². The Balaban J connectivity index is 1.42. The van der Waals surface area contributed by atoms with E-state index in [0.717, 1.165) is 24.9 Å². The Labute approximate surface area is 173 Å². The van der Waals surface area contributed by atoms with E-state index in [0.29, 0.717) is 50.8 Å². The molecule has 0 aliphatic carbocycles. The van der Waals surface area contributed by atoms with Crippen LogP contribution in [-0.4, -0.2) is 87.6 Å². The summed E-state index contributed by atoms with van der Waals surface area (Å²) in [6, 6.07) is 0. The molecule has 4 rings (SSSR count). The number of hydrogen-bond donors (Lipinski definition) is 1. The van der Waals surface area contributed by atoms with Gasteiger partial charge in [-0.2, -0.15) is 9.97 Å². The summed E-state index contributed by atoms with van der Waals surface area (Å²) in [7, 11) is 0. The third kappa shape index (κ3) is 4.07.